The summed E-state index contributed by atoms with van der Waals surface area (Å²) < 4.78 is 3.86. The zero-order valence-corrected chi connectivity index (χ0v) is 19.1. The van der Waals surface area contributed by atoms with Crippen LogP contribution in [0.5, 0.6) is 0 Å². The predicted molar refractivity (Wildman–Crippen MR) is 127 cm³/mol. The highest BCUT2D eigenvalue weighted by Gasteiger charge is 2.14. The lowest BCUT2D eigenvalue weighted by atomic mass is 10.2. The third kappa shape index (κ3) is 5.02. The van der Waals surface area contributed by atoms with E-state index in [-0.39, 0.29) is 5.95 Å². The summed E-state index contributed by atoms with van der Waals surface area (Å²) in [4.78, 5) is 13.5. The number of imidazole rings is 1. The van der Waals surface area contributed by atoms with Crippen LogP contribution in [0.1, 0.15) is 52.4 Å². The molecule has 0 saturated heterocycles. The van der Waals surface area contributed by atoms with E-state index in [0.717, 1.165) is 46.0 Å². The number of hydrogen-bond acceptors (Lipinski definition) is 6. The molecule has 0 aliphatic heterocycles. The molecule has 164 valence electrons. The second kappa shape index (κ2) is 9.59. The van der Waals surface area contributed by atoms with Gasteiger partial charge >= 0.3 is 0 Å². The van der Waals surface area contributed by atoms with Gasteiger partial charge in [-0.25, -0.2) is 19.5 Å². The van der Waals surface area contributed by atoms with E-state index < -0.39 is 0 Å². The number of nitrogens with one attached hydrogen (secondary N) is 1. The molecule has 4 rings (SSSR count). The van der Waals surface area contributed by atoms with E-state index in [2.05, 4.69) is 52.3 Å². The number of pyridine rings is 1. The summed E-state index contributed by atoms with van der Waals surface area (Å²) in [6.07, 6.45) is 6.07. The third-order valence-corrected chi connectivity index (χ3v) is 4.90. The Morgan fingerprint density at radius 2 is 2.00 bits per heavy atom. The molecule has 8 nitrogen and oxygen atoms in total. The molecule has 0 fully saturated rings. The Morgan fingerprint density at radius 3 is 2.68 bits per heavy atom. The molecule has 0 spiro atoms. The molecule has 8 heteroatoms. The first-order valence-electron chi connectivity index (χ1n) is 10.7. The van der Waals surface area contributed by atoms with Gasteiger partial charge in [0.15, 0.2) is 5.65 Å². The van der Waals surface area contributed by atoms with E-state index in [1.807, 2.05) is 38.2 Å². The van der Waals surface area contributed by atoms with Crippen molar-refractivity contribution < 1.29 is 0 Å². The number of hydrogen-bond donors (Lipinski definition) is 2. The molecule has 0 unspecified atom stereocenters. The molecule has 0 aliphatic rings. The molecule has 0 bridgehead atoms. The number of nitrogen functional groups attached to an aromatic ring is 1. The van der Waals surface area contributed by atoms with Crippen molar-refractivity contribution in [3.8, 4) is 11.3 Å². The van der Waals surface area contributed by atoms with Gasteiger partial charge in [0, 0.05) is 30.0 Å². The number of anilines is 1. The Bertz CT molecular complexity index is 1190. The molecule has 0 aromatic carbocycles. The quantitative estimate of drug-likeness (QED) is 0.445. The number of fused-ring (bicyclic) bond motifs is 2. The van der Waals surface area contributed by atoms with E-state index in [1.54, 1.807) is 10.7 Å². The molecular weight excluding hydrogens is 388 g/mol. The van der Waals surface area contributed by atoms with Gasteiger partial charge in [-0.15, -0.1) is 5.10 Å². The van der Waals surface area contributed by atoms with Crippen molar-refractivity contribution >= 4 is 22.6 Å². The highest BCUT2D eigenvalue weighted by Crippen LogP contribution is 2.27. The molecule has 0 amide bonds. The Hall–Kier alpha value is -3.42. The third-order valence-electron chi connectivity index (χ3n) is 4.90. The summed E-state index contributed by atoms with van der Waals surface area (Å²) in [5, 5.41) is 7.32. The van der Waals surface area contributed by atoms with Crippen molar-refractivity contribution in [2.75, 3.05) is 12.3 Å². The summed E-state index contributed by atoms with van der Waals surface area (Å²) in [5.74, 6) is 1.22. The number of nitrogens with two attached hydrogens (primary N) is 1. The normalized spacial score (nSPS) is 11.0. The van der Waals surface area contributed by atoms with E-state index >= 15 is 0 Å². The second-order valence-electron chi connectivity index (χ2n) is 7.90. The van der Waals surface area contributed by atoms with Crippen LogP contribution in [0.2, 0.25) is 0 Å². The summed E-state index contributed by atoms with van der Waals surface area (Å²) in [7, 11) is 0. The van der Waals surface area contributed by atoms with Gasteiger partial charge in [0.05, 0.1) is 17.4 Å². The van der Waals surface area contributed by atoms with Crippen LogP contribution in [0, 0.1) is 6.92 Å². The molecule has 0 atom stereocenters. The highest BCUT2D eigenvalue weighted by molar-refractivity contribution is 5.82. The lowest BCUT2D eigenvalue weighted by Gasteiger charge is -2.10. The van der Waals surface area contributed by atoms with Gasteiger partial charge in [-0.3, -0.25) is 0 Å². The first-order chi connectivity index (χ1) is 14.8. The van der Waals surface area contributed by atoms with E-state index in [1.165, 1.54) is 12.8 Å². The minimum absolute atomic E-state index is 0.247. The van der Waals surface area contributed by atoms with Crippen molar-refractivity contribution in [3.05, 3.63) is 48.7 Å². The minimum Gasteiger partial charge on any atom is -0.389 e. The first kappa shape index (κ1) is 22.3. The maximum absolute atomic E-state index is 5.63. The first-order valence-corrected chi connectivity index (χ1v) is 10.7. The standard InChI is InChI=1S/C16H17N7.C7H15N/c1-9(2)23-10(3)19-13-5-4-12(20-15(13)23)11-6-7-22-14(11)8-18-16(17)21-22;1-4-5-6-8-7(2)3/h4-9H,1-3H3,(H2,17,21);8H,2,4-6H2,1,3H3. The Balaban J connectivity index is 0.000000293. The number of aromatic nitrogens is 6. The highest BCUT2D eigenvalue weighted by atomic mass is 15.3. The molecule has 4 aromatic heterocycles. The summed E-state index contributed by atoms with van der Waals surface area (Å²) >= 11 is 0. The number of unbranched alkanes of at least 4 members (excludes halogenated alkanes) is 1. The maximum Gasteiger partial charge on any atom is 0.238 e. The zero-order chi connectivity index (χ0) is 22.5. The lowest BCUT2D eigenvalue weighted by molar-refractivity contribution is 0.595. The molecular formula is C23H32N8. The van der Waals surface area contributed by atoms with E-state index in [4.69, 9.17) is 10.7 Å². The number of nitrogens with zero attached hydrogens (tertiary/aromatic N) is 6. The Labute approximate surface area is 183 Å². The summed E-state index contributed by atoms with van der Waals surface area (Å²) in [6, 6.07) is 6.26. The molecule has 0 aliphatic carbocycles. The van der Waals surface area contributed by atoms with Crippen molar-refractivity contribution in [1.82, 2.24) is 34.4 Å². The van der Waals surface area contributed by atoms with Crippen LogP contribution in [0.3, 0.4) is 0 Å². The van der Waals surface area contributed by atoms with E-state index in [9.17, 15) is 0 Å². The largest absolute Gasteiger partial charge is 0.389 e. The minimum atomic E-state index is 0.247. The molecule has 0 saturated carbocycles. The van der Waals surface area contributed by atoms with Gasteiger partial charge < -0.3 is 15.6 Å². The van der Waals surface area contributed by atoms with Crippen LogP contribution in [0.15, 0.2) is 42.9 Å². The van der Waals surface area contributed by atoms with E-state index in [0.29, 0.717) is 6.04 Å². The molecule has 3 N–H and O–H groups in total. The fourth-order valence-corrected chi connectivity index (χ4v) is 3.46. The molecule has 0 radical (unpaired) electrons. The van der Waals surface area contributed by atoms with Gasteiger partial charge in [0.2, 0.25) is 5.95 Å². The SMILES string of the molecule is C=C(C)NCCCC.Cc1nc2ccc(-c3ccn4nc(N)ncc34)nc2n1C(C)C. The maximum atomic E-state index is 5.63. The average molecular weight is 421 g/mol. The van der Waals surface area contributed by atoms with Crippen LogP contribution < -0.4 is 11.1 Å². The molecule has 4 heterocycles. The predicted octanol–water partition coefficient (Wildman–Crippen LogP) is 4.52. The van der Waals surface area contributed by atoms with Crippen molar-refractivity contribution in [2.24, 2.45) is 0 Å². The monoisotopic (exact) mass is 420 g/mol. The van der Waals surface area contributed by atoms with Gasteiger partial charge in [-0.05, 0) is 52.3 Å². The lowest BCUT2D eigenvalue weighted by Crippen LogP contribution is -2.10. The van der Waals surface area contributed by atoms with Crippen molar-refractivity contribution in [3.63, 3.8) is 0 Å². The Morgan fingerprint density at radius 1 is 1.23 bits per heavy atom. The van der Waals surface area contributed by atoms with Gasteiger partial charge in [0.1, 0.15) is 11.3 Å². The van der Waals surface area contributed by atoms with Crippen LogP contribution in [0.4, 0.5) is 5.95 Å². The fourth-order valence-electron chi connectivity index (χ4n) is 3.46. The number of rotatable bonds is 6. The fraction of sp³-hybridized carbons (Fsp3) is 0.391. The van der Waals surface area contributed by atoms with Gasteiger partial charge in [0.25, 0.3) is 0 Å². The molecule has 4 aromatic rings. The van der Waals surface area contributed by atoms with Crippen LogP contribution in [0.25, 0.3) is 27.9 Å². The number of allylic oxidation sites excluding steroid dienone is 1. The Kier molecular flexibility index (Phi) is 6.89. The summed E-state index contributed by atoms with van der Waals surface area (Å²) in [5.41, 5.74) is 11.2. The van der Waals surface area contributed by atoms with Crippen molar-refractivity contribution in [1.29, 1.82) is 0 Å². The van der Waals surface area contributed by atoms with Crippen LogP contribution in [-0.2, 0) is 0 Å². The van der Waals surface area contributed by atoms with Gasteiger partial charge in [-0.1, -0.05) is 19.9 Å². The summed E-state index contributed by atoms with van der Waals surface area (Å²) in [6.45, 7) is 15.2. The zero-order valence-electron chi connectivity index (χ0n) is 19.1. The molecule has 31 heavy (non-hydrogen) atoms. The average Bonchev–Trinajstić information content (AvgIpc) is 3.27. The topological polar surface area (TPSA) is 98.9 Å². The van der Waals surface area contributed by atoms with Gasteiger partial charge in [-0.2, -0.15) is 0 Å². The van der Waals surface area contributed by atoms with Crippen LogP contribution in [-0.4, -0.2) is 35.7 Å². The van der Waals surface area contributed by atoms with Crippen LogP contribution >= 0.6 is 0 Å². The second-order valence-corrected chi connectivity index (χ2v) is 7.90. The van der Waals surface area contributed by atoms with Crippen molar-refractivity contribution in [2.45, 2.75) is 53.5 Å². The number of aryl methyl sites for hydroxylation is 1. The smallest absolute Gasteiger partial charge is 0.238 e.